The molecule has 2 saturated heterocycles. The maximum absolute atomic E-state index is 12.3. The van der Waals surface area contributed by atoms with Gasteiger partial charge in [0.2, 0.25) is 5.91 Å². The fourth-order valence-corrected chi connectivity index (χ4v) is 4.16. The standard InChI is InChI=1S/C15H20N4O5S/c1-9-11(12(21)22)25-13(16-9)17-10(20)6-19-5-3-4-15(8-19)7-18(2)14(23)24-15/h3-8H2,1-2H3,(H,21,22)(H,16,17,20)/t15-/m1/s1. The monoisotopic (exact) mass is 368 g/mol. The minimum Gasteiger partial charge on any atom is -0.477 e. The number of aromatic carboxylic acids is 1. The number of piperidine rings is 1. The van der Waals surface area contributed by atoms with E-state index in [0.29, 0.717) is 18.8 Å². The lowest BCUT2D eigenvalue weighted by atomic mass is 9.93. The molecule has 0 aromatic carbocycles. The predicted molar refractivity (Wildman–Crippen MR) is 90.0 cm³/mol. The summed E-state index contributed by atoms with van der Waals surface area (Å²) in [6.45, 7) is 3.51. The van der Waals surface area contributed by atoms with Crippen molar-refractivity contribution in [2.45, 2.75) is 25.4 Å². The normalized spacial score (nSPS) is 23.8. The average molecular weight is 368 g/mol. The van der Waals surface area contributed by atoms with Gasteiger partial charge in [0.05, 0.1) is 18.8 Å². The van der Waals surface area contributed by atoms with Crippen LogP contribution in [-0.4, -0.2) is 76.7 Å². The van der Waals surface area contributed by atoms with Gasteiger partial charge in [-0.05, 0) is 26.3 Å². The fourth-order valence-electron chi connectivity index (χ4n) is 3.34. The lowest BCUT2D eigenvalue weighted by Crippen LogP contribution is -2.52. The van der Waals surface area contributed by atoms with Crippen molar-refractivity contribution in [3.05, 3.63) is 10.6 Å². The van der Waals surface area contributed by atoms with Crippen LogP contribution in [0.25, 0.3) is 0 Å². The Morgan fingerprint density at radius 1 is 1.44 bits per heavy atom. The van der Waals surface area contributed by atoms with Crippen LogP contribution >= 0.6 is 11.3 Å². The minimum absolute atomic E-state index is 0.119. The Bertz CT molecular complexity index is 721. The zero-order chi connectivity index (χ0) is 18.2. The highest BCUT2D eigenvalue weighted by atomic mass is 32.1. The number of carboxylic acids is 1. The SMILES string of the molecule is Cc1nc(NC(=O)CN2CCC[C@]3(C2)CN(C)C(=O)O3)sc1C(=O)O. The third-order valence-corrected chi connectivity index (χ3v) is 5.42. The summed E-state index contributed by atoms with van der Waals surface area (Å²) in [5.41, 5.74) is -0.163. The predicted octanol–water partition coefficient (Wildman–Crippen LogP) is 1.00. The molecule has 1 atom stereocenters. The molecule has 3 rings (SSSR count). The zero-order valence-electron chi connectivity index (χ0n) is 14.1. The molecule has 0 unspecified atom stereocenters. The molecule has 2 aliphatic rings. The number of hydrogen-bond donors (Lipinski definition) is 2. The summed E-state index contributed by atoms with van der Waals surface area (Å²) >= 11 is 0.940. The van der Waals surface area contributed by atoms with Crippen LogP contribution in [0.1, 0.15) is 28.2 Å². The number of aromatic nitrogens is 1. The maximum Gasteiger partial charge on any atom is 0.410 e. The van der Waals surface area contributed by atoms with Gasteiger partial charge in [0, 0.05) is 13.6 Å². The molecule has 1 aromatic heterocycles. The van der Waals surface area contributed by atoms with Gasteiger partial charge in [0.1, 0.15) is 10.5 Å². The molecule has 3 heterocycles. The Labute approximate surface area is 148 Å². The van der Waals surface area contributed by atoms with Crippen molar-refractivity contribution in [1.82, 2.24) is 14.8 Å². The van der Waals surface area contributed by atoms with Crippen molar-refractivity contribution in [3.63, 3.8) is 0 Å². The first-order valence-corrected chi connectivity index (χ1v) is 8.77. The molecule has 0 radical (unpaired) electrons. The second kappa shape index (κ2) is 6.60. The number of thiazole rings is 1. The summed E-state index contributed by atoms with van der Waals surface area (Å²) < 4.78 is 5.52. The molecule has 1 aromatic rings. The molecule has 1 spiro atoms. The largest absolute Gasteiger partial charge is 0.477 e. The molecular weight excluding hydrogens is 348 g/mol. The Hall–Kier alpha value is -2.20. The van der Waals surface area contributed by atoms with Crippen LogP contribution in [0.2, 0.25) is 0 Å². The van der Waals surface area contributed by atoms with E-state index in [-0.39, 0.29) is 28.6 Å². The smallest absolute Gasteiger partial charge is 0.410 e. The molecule has 9 nitrogen and oxygen atoms in total. The van der Waals surface area contributed by atoms with E-state index >= 15 is 0 Å². The maximum atomic E-state index is 12.3. The Balaban J connectivity index is 1.59. The number of carbonyl (C=O) groups is 3. The van der Waals surface area contributed by atoms with Gasteiger partial charge in [-0.2, -0.15) is 0 Å². The number of nitrogens with zero attached hydrogens (tertiary/aromatic N) is 3. The van der Waals surface area contributed by atoms with Crippen LogP contribution < -0.4 is 5.32 Å². The number of hydrogen-bond acceptors (Lipinski definition) is 7. The third-order valence-electron chi connectivity index (χ3n) is 4.36. The average Bonchev–Trinajstić information content (AvgIpc) is 2.99. The van der Waals surface area contributed by atoms with E-state index in [1.807, 2.05) is 4.90 Å². The van der Waals surface area contributed by atoms with E-state index in [1.165, 1.54) is 0 Å². The van der Waals surface area contributed by atoms with Gasteiger partial charge in [0.25, 0.3) is 0 Å². The van der Waals surface area contributed by atoms with Crippen LogP contribution in [0.5, 0.6) is 0 Å². The van der Waals surface area contributed by atoms with Gasteiger partial charge in [-0.3, -0.25) is 9.69 Å². The summed E-state index contributed by atoms with van der Waals surface area (Å²) in [6.07, 6.45) is 1.30. The molecule has 2 amide bonds. The lowest BCUT2D eigenvalue weighted by Gasteiger charge is -2.37. The van der Waals surface area contributed by atoms with Crippen molar-refractivity contribution in [1.29, 1.82) is 0 Å². The number of likely N-dealkylation sites (tertiary alicyclic amines) is 1. The Morgan fingerprint density at radius 3 is 2.80 bits per heavy atom. The first kappa shape index (κ1) is 17.6. The summed E-state index contributed by atoms with van der Waals surface area (Å²) in [7, 11) is 1.70. The number of rotatable bonds is 4. The Kier molecular flexibility index (Phi) is 4.65. The first-order chi connectivity index (χ1) is 11.8. The van der Waals surface area contributed by atoms with Gasteiger partial charge >= 0.3 is 12.1 Å². The van der Waals surface area contributed by atoms with Gasteiger partial charge < -0.3 is 20.1 Å². The second-order valence-electron chi connectivity index (χ2n) is 6.51. The molecular formula is C15H20N4O5S. The lowest BCUT2D eigenvalue weighted by molar-refractivity contribution is -0.118. The van der Waals surface area contributed by atoms with Crippen LogP contribution in [-0.2, 0) is 9.53 Å². The minimum atomic E-state index is -1.05. The zero-order valence-corrected chi connectivity index (χ0v) is 14.9. The highest BCUT2D eigenvalue weighted by Gasteiger charge is 2.46. The molecule has 2 aliphatic heterocycles. The number of ether oxygens (including phenoxy) is 1. The quantitative estimate of drug-likeness (QED) is 0.815. The van der Waals surface area contributed by atoms with E-state index in [4.69, 9.17) is 9.84 Å². The van der Waals surface area contributed by atoms with E-state index in [0.717, 1.165) is 30.7 Å². The molecule has 2 N–H and O–H groups in total. The van der Waals surface area contributed by atoms with Crippen molar-refractivity contribution < 1.29 is 24.2 Å². The number of carboxylic acid groups (broad SMARTS) is 1. The third kappa shape index (κ3) is 3.74. The van der Waals surface area contributed by atoms with Crippen LogP contribution in [0.3, 0.4) is 0 Å². The number of aryl methyl sites for hydroxylation is 1. The summed E-state index contributed by atoms with van der Waals surface area (Å²) in [5, 5.41) is 12.0. The van der Waals surface area contributed by atoms with Crippen molar-refractivity contribution in [2.75, 3.05) is 38.5 Å². The molecule has 136 valence electrons. The van der Waals surface area contributed by atoms with Gasteiger partial charge in [-0.25, -0.2) is 14.6 Å². The summed E-state index contributed by atoms with van der Waals surface area (Å²) in [5.74, 6) is -1.32. The second-order valence-corrected chi connectivity index (χ2v) is 7.51. The first-order valence-electron chi connectivity index (χ1n) is 7.95. The van der Waals surface area contributed by atoms with Crippen LogP contribution in [0, 0.1) is 6.92 Å². The fraction of sp³-hybridized carbons (Fsp3) is 0.600. The van der Waals surface area contributed by atoms with Crippen LogP contribution in [0.4, 0.5) is 9.93 Å². The van der Waals surface area contributed by atoms with Gasteiger partial charge in [-0.15, -0.1) is 0 Å². The number of amides is 2. The molecule has 0 bridgehead atoms. The number of carbonyl (C=O) groups excluding carboxylic acids is 2. The number of likely N-dealkylation sites (N-methyl/N-ethyl adjacent to an activating group) is 1. The number of nitrogens with one attached hydrogen (secondary N) is 1. The summed E-state index contributed by atoms with van der Waals surface area (Å²) in [4.78, 5) is 42.6. The Morgan fingerprint density at radius 2 is 2.20 bits per heavy atom. The van der Waals surface area contributed by atoms with E-state index in [1.54, 1.807) is 18.9 Å². The van der Waals surface area contributed by atoms with E-state index in [9.17, 15) is 14.4 Å². The van der Waals surface area contributed by atoms with Gasteiger partial charge in [-0.1, -0.05) is 11.3 Å². The number of anilines is 1. The van der Waals surface area contributed by atoms with Gasteiger partial charge in [0.15, 0.2) is 5.13 Å². The molecule has 2 fully saturated rings. The van der Waals surface area contributed by atoms with E-state index < -0.39 is 11.6 Å². The molecule has 10 heteroatoms. The molecule has 0 saturated carbocycles. The van der Waals surface area contributed by atoms with Crippen LogP contribution in [0.15, 0.2) is 0 Å². The molecule has 0 aliphatic carbocycles. The summed E-state index contributed by atoms with van der Waals surface area (Å²) in [6, 6.07) is 0. The van der Waals surface area contributed by atoms with Crippen molar-refractivity contribution in [3.8, 4) is 0 Å². The molecule has 25 heavy (non-hydrogen) atoms. The van der Waals surface area contributed by atoms with Crippen molar-refractivity contribution in [2.24, 2.45) is 0 Å². The highest BCUT2D eigenvalue weighted by Crippen LogP contribution is 2.31. The topological polar surface area (TPSA) is 112 Å². The highest BCUT2D eigenvalue weighted by molar-refractivity contribution is 7.17. The van der Waals surface area contributed by atoms with E-state index in [2.05, 4.69) is 10.3 Å². The van der Waals surface area contributed by atoms with Crippen molar-refractivity contribution >= 4 is 34.4 Å².